The number of imidazole rings is 1. The van der Waals surface area contributed by atoms with Gasteiger partial charge in [-0.1, -0.05) is 24.3 Å². The summed E-state index contributed by atoms with van der Waals surface area (Å²) < 4.78 is 13.2. The number of methoxy groups -OCH3 is 1. The average Bonchev–Trinajstić information content (AvgIpc) is 3.03. The van der Waals surface area contributed by atoms with E-state index in [0.29, 0.717) is 31.7 Å². The van der Waals surface area contributed by atoms with Crippen LogP contribution in [0, 0.1) is 5.92 Å². The fraction of sp³-hybridized carbons (Fsp3) is 0.333. The lowest BCUT2D eigenvalue weighted by Crippen LogP contribution is -2.38. The SMILES string of the molecule is COc1cccc2c1OC[C@@H](C(=O)NCCc1nc3ccccc3n1C)C2. The number of aryl methyl sites for hydroxylation is 1. The molecule has 0 bridgehead atoms. The zero-order chi connectivity index (χ0) is 18.8. The minimum Gasteiger partial charge on any atom is -0.493 e. The van der Waals surface area contributed by atoms with Gasteiger partial charge in [0.15, 0.2) is 11.5 Å². The van der Waals surface area contributed by atoms with E-state index in [2.05, 4.69) is 20.9 Å². The molecular formula is C21H23N3O3. The Bertz CT molecular complexity index is 980. The van der Waals surface area contributed by atoms with Crippen molar-refractivity contribution in [1.29, 1.82) is 0 Å². The molecular weight excluding hydrogens is 342 g/mol. The average molecular weight is 365 g/mol. The molecule has 1 N–H and O–H groups in total. The van der Waals surface area contributed by atoms with Crippen LogP contribution in [0.4, 0.5) is 0 Å². The van der Waals surface area contributed by atoms with Crippen LogP contribution < -0.4 is 14.8 Å². The normalized spacial score (nSPS) is 15.9. The van der Waals surface area contributed by atoms with Crippen LogP contribution in [-0.2, 0) is 24.7 Å². The summed E-state index contributed by atoms with van der Waals surface area (Å²) in [5, 5.41) is 3.03. The Balaban J connectivity index is 1.36. The van der Waals surface area contributed by atoms with Gasteiger partial charge in [-0.2, -0.15) is 0 Å². The van der Waals surface area contributed by atoms with E-state index in [-0.39, 0.29) is 11.8 Å². The summed E-state index contributed by atoms with van der Waals surface area (Å²) in [4.78, 5) is 17.2. The Morgan fingerprint density at radius 2 is 2.15 bits per heavy atom. The largest absolute Gasteiger partial charge is 0.493 e. The fourth-order valence-corrected chi connectivity index (χ4v) is 3.58. The Morgan fingerprint density at radius 3 is 2.96 bits per heavy atom. The molecule has 1 aliphatic heterocycles. The van der Waals surface area contributed by atoms with Crippen LogP contribution in [0.2, 0.25) is 0 Å². The molecule has 4 rings (SSSR count). The van der Waals surface area contributed by atoms with E-state index in [9.17, 15) is 4.79 Å². The highest BCUT2D eigenvalue weighted by molar-refractivity contribution is 5.80. The fourth-order valence-electron chi connectivity index (χ4n) is 3.58. The molecule has 0 aliphatic carbocycles. The number of para-hydroxylation sites is 3. The van der Waals surface area contributed by atoms with Crippen molar-refractivity contribution in [1.82, 2.24) is 14.9 Å². The summed E-state index contributed by atoms with van der Waals surface area (Å²) in [5.74, 6) is 2.26. The van der Waals surface area contributed by atoms with Crippen molar-refractivity contribution < 1.29 is 14.3 Å². The molecule has 0 radical (unpaired) electrons. The van der Waals surface area contributed by atoms with Gasteiger partial charge in [0.25, 0.3) is 0 Å². The highest BCUT2D eigenvalue weighted by Gasteiger charge is 2.27. The molecule has 1 aliphatic rings. The van der Waals surface area contributed by atoms with Gasteiger partial charge in [0.05, 0.1) is 24.1 Å². The molecule has 140 valence electrons. The molecule has 0 unspecified atom stereocenters. The second-order valence-corrected chi connectivity index (χ2v) is 6.78. The number of rotatable bonds is 5. The predicted octanol–water partition coefficient (Wildman–Crippen LogP) is 2.49. The van der Waals surface area contributed by atoms with Crippen molar-refractivity contribution in [2.45, 2.75) is 12.8 Å². The third-order valence-corrected chi connectivity index (χ3v) is 5.07. The summed E-state index contributed by atoms with van der Waals surface area (Å²) in [6.07, 6.45) is 1.35. The maximum Gasteiger partial charge on any atom is 0.226 e. The van der Waals surface area contributed by atoms with Gasteiger partial charge in [-0.25, -0.2) is 4.98 Å². The molecule has 3 aromatic rings. The zero-order valence-electron chi connectivity index (χ0n) is 15.6. The van der Waals surface area contributed by atoms with Gasteiger partial charge >= 0.3 is 0 Å². The second kappa shape index (κ2) is 7.31. The Kier molecular flexibility index (Phi) is 4.71. The van der Waals surface area contributed by atoms with E-state index in [4.69, 9.17) is 9.47 Å². The molecule has 0 saturated heterocycles. The summed E-state index contributed by atoms with van der Waals surface area (Å²) in [7, 11) is 3.63. The van der Waals surface area contributed by atoms with Gasteiger partial charge < -0.3 is 19.4 Å². The number of nitrogens with zero attached hydrogens (tertiary/aromatic N) is 2. The monoisotopic (exact) mass is 365 g/mol. The van der Waals surface area contributed by atoms with Crippen molar-refractivity contribution in [2.24, 2.45) is 13.0 Å². The summed E-state index contributed by atoms with van der Waals surface area (Å²) in [6.45, 7) is 0.920. The number of amides is 1. The van der Waals surface area contributed by atoms with Crippen LogP contribution in [0.15, 0.2) is 42.5 Å². The number of carbonyl (C=O) groups excluding carboxylic acids is 1. The van der Waals surface area contributed by atoms with Crippen molar-refractivity contribution in [3.05, 3.63) is 53.9 Å². The quantitative estimate of drug-likeness (QED) is 0.754. The smallest absolute Gasteiger partial charge is 0.226 e. The maximum absolute atomic E-state index is 12.6. The standard InChI is InChI=1S/C21H23N3O3/c1-24-17-8-4-3-7-16(17)23-19(24)10-11-22-21(25)15-12-14-6-5-9-18(26-2)20(14)27-13-15/h3-9,15H,10-13H2,1-2H3,(H,22,25)/t15-/m0/s1. The molecule has 0 spiro atoms. The molecule has 0 saturated carbocycles. The van der Waals surface area contributed by atoms with E-state index >= 15 is 0 Å². The highest BCUT2D eigenvalue weighted by Crippen LogP contribution is 2.36. The van der Waals surface area contributed by atoms with Gasteiger partial charge in [-0.3, -0.25) is 4.79 Å². The van der Waals surface area contributed by atoms with Crippen LogP contribution in [0.5, 0.6) is 11.5 Å². The molecule has 27 heavy (non-hydrogen) atoms. The molecule has 1 amide bonds. The van der Waals surface area contributed by atoms with Crippen LogP contribution in [0.1, 0.15) is 11.4 Å². The minimum absolute atomic E-state index is 0.0160. The summed E-state index contributed by atoms with van der Waals surface area (Å²) >= 11 is 0. The van der Waals surface area contributed by atoms with Crippen molar-refractivity contribution in [3.8, 4) is 11.5 Å². The summed E-state index contributed by atoms with van der Waals surface area (Å²) in [6, 6.07) is 13.8. The number of carbonyl (C=O) groups is 1. The number of hydrogen-bond donors (Lipinski definition) is 1. The van der Waals surface area contributed by atoms with Crippen LogP contribution in [0.3, 0.4) is 0 Å². The molecule has 1 atom stereocenters. The molecule has 6 heteroatoms. The number of benzene rings is 2. The van der Waals surface area contributed by atoms with E-state index in [1.165, 1.54) is 0 Å². The molecule has 2 aromatic carbocycles. The molecule has 1 aromatic heterocycles. The highest BCUT2D eigenvalue weighted by atomic mass is 16.5. The van der Waals surface area contributed by atoms with Crippen LogP contribution >= 0.6 is 0 Å². The third-order valence-electron chi connectivity index (χ3n) is 5.07. The lowest BCUT2D eigenvalue weighted by Gasteiger charge is -2.25. The zero-order valence-corrected chi connectivity index (χ0v) is 15.6. The van der Waals surface area contributed by atoms with Crippen molar-refractivity contribution in [3.63, 3.8) is 0 Å². The number of hydrogen-bond acceptors (Lipinski definition) is 4. The number of ether oxygens (including phenoxy) is 2. The van der Waals surface area contributed by atoms with E-state index in [1.54, 1.807) is 7.11 Å². The van der Waals surface area contributed by atoms with E-state index in [0.717, 1.165) is 28.2 Å². The van der Waals surface area contributed by atoms with E-state index < -0.39 is 0 Å². The first-order valence-electron chi connectivity index (χ1n) is 9.14. The maximum atomic E-state index is 12.6. The Morgan fingerprint density at radius 1 is 1.30 bits per heavy atom. The van der Waals surface area contributed by atoms with Crippen molar-refractivity contribution in [2.75, 3.05) is 20.3 Å². The topological polar surface area (TPSA) is 65.4 Å². The van der Waals surface area contributed by atoms with Gasteiger partial charge in [-0.15, -0.1) is 0 Å². The first-order chi connectivity index (χ1) is 13.2. The van der Waals surface area contributed by atoms with Crippen molar-refractivity contribution >= 4 is 16.9 Å². The first-order valence-corrected chi connectivity index (χ1v) is 9.14. The van der Waals surface area contributed by atoms with Gasteiger partial charge in [0, 0.05) is 20.0 Å². The van der Waals surface area contributed by atoms with Crippen LogP contribution in [-0.4, -0.2) is 35.7 Å². The van der Waals surface area contributed by atoms with Gasteiger partial charge in [0.1, 0.15) is 12.4 Å². The van der Waals surface area contributed by atoms with E-state index in [1.807, 2.05) is 43.4 Å². The Labute approximate surface area is 158 Å². The molecule has 2 heterocycles. The number of nitrogens with one attached hydrogen (secondary N) is 1. The number of aromatic nitrogens is 2. The van der Waals surface area contributed by atoms with Gasteiger partial charge in [0.2, 0.25) is 5.91 Å². The first kappa shape index (κ1) is 17.4. The lowest BCUT2D eigenvalue weighted by atomic mass is 9.95. The number of fused-ring (bicyclic) bond motifs is 2. The minimum atomic E-state index is -0.190. The lowest BCUT2D eigenvalue weighted by molar-refractivity contribution is -0.126. The Hall–Kier alpha value is -3.02. The molecule has 6 nitrogen and oxygen atoms in total. The summed E-state index contributed by atoms with van der Waals surface area (Å²) in [5.41, 5.74) is 3.09. The third kappa shape index (κ3) is 3.35. The predicted molar refractivity (Wildman–Crippen MR) is 103 cm³/mol. The molecule has 0 fully saturated rings. The second-order valence-electron chi connectivity index (χ2n) is 6.78. The van der Waals surface area contributed by atoms with Gasteiger partial charge in [-0.05, 0) is 30.2 Å². The van der Waals surface area contributed by atoms with Crippen LogP contribution in [0.25, 0.3) is 11.0 Å².